The topological polar surface area (TPSA) is 35.5 Å². The normalized spacial score (nSPS) is 17.9. The number of halogens is 2. The van der Waals surface area contributed by atoms with Crippen LogP contribution in [0.3, 0.4) is 0 Å². The molecule has 1 fully saturated rings. The minimum atomic E-state index is -0.579. The molecule has 0 saturated carbocycles. The molecule has 0 aromatic heterocycles. The van der Waals surface area contributed by atoms with E-state index in [1.54, 1.807) is 6.07 Å². The average Bonchev–Trinajstić information content (AvgIpc) is 2.43. The SMILES string of the molecule is C=C(C)C[C@H](c1c(Br)ccc(F)c1O)N1CCNCC1. The third-order valence-electron chi connectivity index (χ3n) is 3.58. The van der Waals surface area contributed by atoms with Crippen molar-refractivity contribution in [1.29, 1.82) is 0 Å². The van der Waals surface area contributed by atoms with Crippen LogP contribution in [0.15, 0.2) is 28.8 Å². The van der Waals surface area contributed by atoms with Crippen LogP contribution < -0.4 is 5.32 Å². The van der Waals surface area contributed by atoms with Gasteiger partial charge in [0.1, 0.15) is 0 Å². The molecule has 1 atom stereocenters. The lowest BCUT2D eigenvalue weighted by Gasteiger charge is -2.36. The van der Waals surface area contributed by atoms with Gasteiger partial charge in [-0.3, -0.25) is 4.90 Å². The van der Waals surface area contributed by atoms with Crippen LogP contribution >= 0.6 is 15.9 Å². The summed E-state index contributed by atoms with van der Waals surface area (Å²) in [5.41, 5.74) is 1.64. The maximum Gasteiger partial charge on any atom is 0.165 e. The number of phenolic OH excluding ortho intramolecular Hbond substituents is 1. The minimum absolute atomic E-state index is 0.0559. The molecule has 1 aliphatic heterocycles. The Morgan fingerprint density at radius 2 is 2.15 bits per heavy atom. The lowest BCUT2D eigenvalue weighted by atomic mass is 9.97. The molecule has 0 amide bonds. The van der Waals surface area contributed by atoms with E-state index in [1.807, 2.05) is 6.92 Å². The van der Waals surface area contributed by atoms with Crippen molar-refractivity contribution >= 4 is 15.9 Å². The van der Waals surface area contributed by atoms with Crippen molar-refractivity contribution in [3.05, 3.63) is 40.1 Å². The Bertz CT molecular complexity index is 501. The van der Waals surface area contributed by atoms with Crippen LogP contribution in [0.4, 0.5) is 4.39 Å². The van der Waals surface area contributed by atoms with E-state index in [0.29, 0.717) is 12.0 Å². The molecule has 5 heteroatoms. The first-order valence-electron chi connectivity index (χ1n) is 6.76. The zero-order valence-corrected chi connectivity index (χ0v) is 13.2. The summed E-state index contributed by atoms with van der Waals surface area (Å²) in [5.74, 6) is -0.839. The molecule has 110 valence electrons. The second kappa shape index (κ2) is 6.70. The van der Waals surface area contributed by atoms with Crippen LogP contribution in [-0.4, -0.2) is 36.2 Å². The number of benzene rings is 1. The van der Waals surface area contributed by atoms with E-state index >= 15 is 0 Å². The maximum absolute atomic E-state index is 13.7. The van der Waals surface area contributed by atoms with E-state index in [2.05, 4.69) is 32.7 Å². The first kappa shape index (κ1) is 15.5. The van der Waals surface area contributed by atoms with Crippen LogP contribution in [0.1, 0.15) is 24.9 Å². The Labute approximate surface area is 127 Å². The Balaban J connectivity index is 2.40. The summed E-state index contributed by atoms with van der Waals surface area (Å²) in [6.07, 6.45) is 0.704. The van der Waals surface area contributed by atoms with Gasteiger partial charge in [0.25, 0.3) is 0 Å². The molecule has 1 heterocycles. The number of nitrogens with one attached hydrogen (secondary N) is 1. The summed E-state index contributed by atoms with van der Waals surface area (Å²) in [6.45, 7) is 9.48. The lowest BCUT2D eigenvalue weighted by molar-refractivity contribution is 0.168. The second-order valence-electron chi connectivity index (χ2n) is 5.25. The number of hydrogen-bond acceptors (Lipinski definition) is 3. The quantitative estimate of drug-likeness (QED) is 0.824. The third kappa shape index (κ3) is 3.40. The Hall–Kier alpha value is -0.910. The molecule has 0 radical (unpaired) electrons. The van der Waals surface area contributed by atoms with Gasteiger partial charge in [0.15, 0.2) is 11.6 Å². The number of phenols is 1. The molecular weight excluding hydrogens is 323 g/mol. The van der Waals surface area contributed by atoms with Crippen molar-refractivity contribution in [3.63, 3.8) is 0 Å². The molecule has 3 nitrogen and oxygen atoms in total. The zero-order chi connectivity index (χ0) is 14.7. The largest absolute Gasteiger partial charge is 0.505 e. The summed E-state index contributed by atoms with van der Waals surface area (Å²) in [5, 5.41) is 13.4. The van der Waals surface area contributed by atoms with Gasteiger partial charge in [-0.1, -0.05) is 21.5 Å². The van der Waals surface area contributed by atoms with E-state index in [4.69, 9.17) is 0 Å². The van der Waals surface area contributed by atoms with Gasteiger partial charge in [0.2, 0.25) is 0 Å². The van der Waals surface area contributed by atoms with Crippen LogP contribution in [0.25, 0.3) is 0 Å². The monoisotopic (exact) mass is 342 g/mol. The lowest BCUT2D eigenvalue weighted by Crippen LogP contribution is -2.45. The van der Waals surface area contributed by atoms with E-state index in [9.17, 15) is 9.50 Å². The molecule has 1 aromatic carbocycles. The van der Waals surface area contributed by atoms with Crippen molar-refractivity contribution in [2.24, 2.45) is 0 Å². The van der Waals surface area contributed by atoms with Gasteiger partial charge in [0.05, 0.1) is 0 Å². The van der Waals surface area contributed by atoms with Gasteiger partial charge in [-0.15, -0.1) is 6.58 Å². The number of hydrogen-bond donors (Lipinski definition) is 2. The molecule has 0 bridgehead atoms. The fraction of sp³-hybridized carbons (Fsp3) is 0.467. The zero-order valence-electron chi connectivity index (χ0n) is 11.6. The Morgan fingerprint density at radius 3 is 2.75 bits per heavy atom. The predicted molar refractivity (Wildman–Crippen MR) is 82.4 cm³/mol. The van der Waals surface area contributed by atoms with Gasteiger partial charge in [-0.25, -0.2) is 4.39 Å². The van der Waals surface area contributed by atoms with E-state index in [-0.39, 0.29) is 11.8 Å². The Morgan fingerprint density at radius 1 is 1.50 bits per heavy atom. The summed E-state index contributed by atoms with van der Waals surface area (Å²) < 4.78 is 14.4. The molecule has 0 spiro atoms. The minimum Gasteiger partial charge on any atom is -0.505 e. The highest BCUT2D eigenvalue weighted by atomic mass is 79.9. The van der Waals surface area contributed by atoms with E-state index in [1.165, 1.54) is 6.07 Å². The Kier molecular flexibility index (Phi) is 5.18. The number of nitrogens with zero attached hydrogens (tertiary/aromatic N) is 1. The van der Waals surface area contributed by atoms with Gasteiger partial charge >= 0.3 is 0 Å². The van der Waals surface area contributed by atoms with Crippen LogP contribution in [0.5, 0.6) is 5.75 Å². The molecule has 2 N–H and O–H groups in total. The van der Waals surface area contributed by atoms with E-state index in [0.717, 1.165) is 36.2 Å². The molecular formula is C15H20BrFN2O. The number of piperazine rings is 1. The smallest absolute Gasteiger partial charge is 0.165 e. The molecule has 2 rings (SSSR count). The van der Waals surface area contributed by atoms with Crippen LogP contribution in [0.2, 0.25) is 0 Å². The fourth-order valence-corrected chi connectivity index (χ4v) is 3.20. The van der Waals surface area contributed by atoms with Crippen molar-refractivity contribution in [2.45, 2.75) is 19.4 Å². The summed E-state index contributed by atoms with van der Waals surface area (Å²) in [6, 6.07) is 2.87. The first-order chi connectivity index (χ1) is 9.50. The van der Waals surface area contributed by atoms with Gasteiger partial charge < -0.3 is 10.4 Å². The van der Waals surface area contributed by atoms with Crippen LogP contribution in [0, 0.1) is 5.82 Å². The second-order valence-corrected chi connectivity index (χ2v) is 6.11. The standard InChI is InChI=1S/C15H20BrFN2O/c1-10(2)9-13(19-7-5-18-6-8-19)14-11(16)3-4-12(17)15(14)20/h3-4,13,18,20H,1,5-9H2,2H3/t13-/m1/s1. The van der Waals surface area contributed by atoms with Crippen LogP contribution in [-0.2, 0) is 0 Å². The number of aromatic hydroxyl groups is 1. The molecule has 1 aromatic rings. The highest BCUT2D eigenvalue weighted by molar-refractivity contribution is 9.10. The van der Waals surface area contributed by atoms with Crippen molar-refractivity contribution < 1.29 is 9.50 Å². The van der Waals surface area contributed by atoms with Gasteiger partial charge in [-0.05, 0) is 25.5 Å². The third-order valence-corrected chi connectivity index (χ3v) is 4.27. The van der Waals surface area contributed by atoms with Gasteiger partial charge in [-0.2, -0.15) is 0 Å². The van der Waals surface area contributed by atoms with E-state index < -0.39 is 5.82 Å². The summed E-state index contributed by atoms with van der Waals surface area (Å²) >= 11 is 3.44. The maximum atomic E-state index is 13.7. The average molecular weight is 343 g/mol. The van der Waals surface area contributed by atoms with Crippen molar-refractivity contribution in [1.82, 2.24) is 10.2 Å². The molecule has 1 saturated heterocycles. The molecule has 0 aliphatic carbocycles. The molecule has 1 aliphatic rings. The summed E-state index contributed by atoms with van der Waals surface area (Å²) in [7, 11) is 0. The predicted octanol–water partition coefficient (Wildman–Crippen LogP) is 3.21. The fourth-order valence-electron chi connectivity index (χ4n) is 2.61. The highest BCUT2D eigenvalue weighted by Crippen LogP contribution is 2.39. The number of rotatable bonds is 4. The summed E-state index contributed by atoms with van der Waals surface area (Å²) in [4.78, 5) is 2.27. The van der Waals surface area contributed by atoms with Crippen molar-refractivity contribution in [2.75, 3.05) is 26.2 Å². The molecule has 0 unspecified atom stereocenters. The first-order valence-corrected chi connectivity index (χ1v) is 7.56. The van der Waals surface area contributed by atoms with Gasteiger partial charge in [0, 0.05) is 42.3 Å². The molecule has 20 heavy (non-hydrogen) atoms. The highest BCUT2D eigenvalue weighted by Gasteiger charge is 2.27. The van der Waals surface area contributed by atoms with Crippen molar-refractivity contribution in [3.8, 4) is 5.75 Å².